The van der Waals surface area contributed by atoms with Gasteiger partial charge in [-0.3, -0.25) is 9.69 Å². The van der Waals surface area contributed by atoms with Crippen LogP contribution >= 0.6 is 0 Å². The van der Waals surface area contributed by atoms with Gasteiger partial charge in [0.1, 0.15) is 11.6 Å². The second-order valence-electron chi connectivity index (χ2n) is 6.37. The number of hydrazone groups is 1. The van der Waals surface area contributed by atoms with Gasteiger partial charge < -0.3 is 4.90 Å². The van der Waals surface area contributed by atoms with E-state index >= 15 is 0 Å². The second kappa shape index (κ2) is 9.23. The van der Waals surface area contributed by atoms with Crippen molar-refractivity contribution < 1.29 is 13.6 Å². The van der Waals surface area contributed by atoms with Gasteiger partial charge in [-0.05, 0) is 24.3 Å². The fraction of sp³-hybridized carbons (Fsp3) is 0.300. The van der Waals surface area contributed by atoms with Crippen molar-refractivity contribution in [2.45, 2.75) is 6.42 Å². The lowest BCUT2D eigenvalue weighted by Crippen LogP contribution is -2.47. The van der Waals surface area contributed by atoms with Crippen molar-refractivity contribution in [3.63, 3.8) is 0 Å². The van der Waals surface area contributed by atoms with Gasteiger partial charge in [-0.1, -0.05) is 18.2 Å². The fourth-order valence-corrected chi connectivity index (χ4v) is 2.96. The molecule has 0 spiro atoms. The van der Waals surface area contributed by atoms with Gasteiger partial charge in [-0.2, -0.15) is 5.10 Å². The molecule has 1 N–H and O–H groups in total. The molecule has 5 nitrogen and oxygen atoms in total. The van der Waals surface area contributed by atoms with Crippen molar-refractivity contribution in [3.8, 4) is 0 Å². The summed E-state index contributed by atoms with van der Waals surface area (Å²) in [6.45, 7) is 4.29. The third kappa shape index (κ3) is 5.59. The minimum Gasteiger partial charge on any atom is -0.369 e. The van der Waals surface area contributed by atoms with E-state index in [4.69, 9.17) is 0 Å². The number of carbonyl (C=O) groups is 1. The highest BCUT2D eigenvalue weighted by Crippen LogP contribution is 2.15. The van der Waals surface area contributed by atoms with E-state index in [2.05, 4.69) is 32.5 Å². The summed E-state index contributed by atoms with van der Waals surface area (Å²) in [4.78, 5) is 16.5. The molecule has 0 radical (unpaired) electrons. The summed E-state index contributed by atoms with van der Waals surface area (Å²) in [7, 11) is 0. The van der Waals surface area contributed by atoms with Crippen LogP contribution in [0.25, 0.3) is 0 Å². The maximum absolute atomic E-state index is 13.5. The third-order valence-electron chi connectivity index (χ3n) is 4.50. The van der Waals surface area contributed by atoms with Crippen LogP contribution in [-0.4, -0.2) is 49.7 Å². The Morgan fingerprint density at radius 2 is 1.81 bits per heavy atom. The van der Waals surface area contributed by atoms with Crippen LogP contribution in [0.15, 0.2) is 53.6 Å². The molecule has 142 valence electrons. The zero-order valence-corrected chi connectivity index (χ0v) is 14.9. The van der Waals surface area contributed by atoms with Gasteiger partial charge in [0, 0.05) is 56.5 Å². The van der Waals surface area contributed by atoms with Crippen molar-refractivity contribution in [2.75, 3.05) is 37.6 Å². The van der Waals surface area contributed by atoms with Crippen molar-refractivity contribution in [2.24, 2.45) is 5.10 Å². The standard InChI is InChI=1S/C20H22F2N4O/c21-17-7-6-16(19(22)14-17)15-23-24-20(27)8-9-25-10-12-26(13-11-25)18-4-2-1-3-5-18/h1-7,14-15H,8-13H2,(H,24,27)/b23-15+. The molecule has 0 atom stereocenters. The number of hydrogen-bond donors (Lipinski definition) is 1. The molecule has 1 fully saturated rings. The van der Waals surface area contributed by atoms with Gasteiger partial charge in [0.05, 0.1) is 6.21 Å². The topological polar surface area (TPSA) is 47.9 Å². The number of anilines is 1. The normalized spacial score (nSPS) is 15.3. The monoisotopic (exact) mass is 372 g/mol. The number of halogens is 2. The van der Waals surface area contributed by atoms with Crippen molar-refractivity contribution in [1.29, 1.82) is 0 Å². The molecule has 0 saturated carbocycles. The van der Waals surface area contributed by atoms with Gasteiger partial charge in [-0.15, -0.1) is 0 Å². The first-order valence-corrected chi connectivity index (χ1v) is 8.91. The molecule has 2 aromatic carbocycles. The molecule has 27 heavy (non-hydrogen) atoms. The van der Waals surface area contributed by atoms with E-state index in [0.29, 0.717) is 13.0 Å². The lowest BCUT2D eigenvalue weighted by molar-refractivity contribution is -0.121. The highest BCUT2D eigenvalue weighted by molar-refractivity contribution is 5.82. The number of rotatable bonds is 6. The van der Waals surface area contributed by atoms with Crippen LogP contribution in [-0.2, 0) is 4.79 Å². The third-order valence-corrected chi connectivity index (χ3v) is 4.50. The average molecular weight is 372 g/mol. The molecule has 0 unspecified atom stereocenters. The van der Waals surface area contributed by atoms with E-state index in [1.54, 1.807) is 0 Å². The number of hydrogen-bond acceptors (Lipinski definition) is 4. The summed E-state index contributed by atoms with van der Waals surface area (Å²) in [6.07, 6.45) is 1.49. The summed E-state index contributed by atoms with van der Waals surface area (Å²) in [5.41, 5.74) is 3.72. The minimum absolute atomic E-state index is 0.119. The molecule has 1 aliphatic rings. The largest absolute Gasteiger partial charge is 0.369 e. The van der Waals surface area contributed by atoms with E-state index in [0.717, 1.165) is 38.3 Å². The number of amides is 1. The Balaban J connectivity index is 1.38. The number of benzene rings is 2. The van der Waals surface area contributed by atoms with E-state index in [9.17, 15) is 13.6 Å². The Kier molecular flexibility index (Phi) is 6.49. The Bertz CT molecular complexity index is 790. The van der Waals surface area contributed by atoms with E-state index in [1.165, 1.54) is 18.0 Å². The number of nitrogens with one attached hydrogen (secondary N) is 1. The lowest BCUT2D eigenvalue weighted by atomic mass is 10.2. The van der Waals surface area contributed by atoms with Crippen LogP contribution < -0.4 is 10.3 Å². The zero-order valence-electron chi connectivity index (χ0n) is 14.9. The molecule has 1 saturated heterocycles. The Labute approximate surface area is 157 Å². The van der Waals surface area contributed by atoms with Gasteiger partial charge in [0.2, 0.25) is 5.91 Å². The van der Waals surface area contributed by atoms with Crippen LogP contribution in [0.2, 0.25) is 0 Å². The van der Waals surface area contributed by atoms with E-state index < -0.39 is 11.6 Å². The molecule has 2 aromatic rings. The maximum atomic E-state index is 13.5. The Hall–Kier alpha value is -2.80. The molecular weight excluding hydrogens is 350 g/mol. The summed E-state index contributed by atoms with van der Waals surface area (Å²) in [5, 5.41) is 3.73. The summed E-state index contributed by atoms with van der Waals surface area (Å²) < 4.78 is 26.3. The summed E-state index contributed by atoms with van der Waals surface area (Å²) in [5.74, 6) is -1.61. The SMILES string of the molecule is O=C(CCN1CCN(c2ccccc2)CC1)N/N=C/c1ccc(F)cc1F. The van der Waals surface area contributed by atoms with Gasteiger partial charge >= 0.3 is 0 Å². The summed E-state index contributed by atoms with van der Waals surface area (Å²) in [6, 6.07) is 13.5. The first-order valence-electron chi connectivity index (χ1n) is 8.91. The van der Waals surface area contributed by atoms with Crippen LogP contribution in [0.5, 0.6) is 0 Å². The van der Waals surface area contributed by atoms with Crippen LogP contribution in [0.3, 0.4) is 0 Å². The predicted octanol–water partition coefficient (Wildman–Crippen LogP) is 2.63. The van der Waals surface area contributed by atoms with Crippen molar-refractivity contribution >= 4 is 17.8 Å². The van der Waals surface area contributed by atoms with Crippen molar-refractivity contribution in [1.82, 2.24) is 10.3 Å². The van der Waals surface area contributed by atoms with Crippen LogP contribution in [0.1, 0.15) is 12.0 Å². The molecule has 0 aromatic heterocycles. The van der Waals surface area contributed by atoms with Gasteiger partial charge in [-0.25, -0.2) is 14.2 Å². The predicted molar refractivity (Wildman–Crippen MR) is 102 cm³/mol. The average Bonchev–Trinajstić information content (AvgIpc) is 2.69. The highest BCUT2D eigenvalue weighted by atomic mass is 19.1. The second-order valence-corrected chi connectivity index (χ2v) is 6.37. The number of para-hydroxylation sites is 1. The molecule has 1 aliphatic heterocycles. The number of nitrogens with zero attached hydrogens (tertiary/aromatic N) is 3. The minimum atomic E-state index is -0.718. The number of carbonyl (C=O) groups excluding carboxylic acids is 1. The molecule has 3 rings (SSSR count). The van der Waals surface area contributed by atoms with Gasteiger partial charge in [0.15, 0.2) is 0 Å². The quantitative estimate of drug-likeness (QED) is 0.626. The van der Waals surface area contributed by atoms with E-state index in [-0.39, 0.29) is 11.5 Å². The van der Waals surface area contributed by atoms with Crippen molar-refractivity contribution in [3.05, 3.63) is 65.7 Å². The highest BCUT2D eigenvalue weighted by Gasteiger charge is 2.17. The molecule has 1 amide bonds. The Morgan fingerprint density at radius 3 is 2.52 bits per heavy atom. The lowest BCUT2D eigenvalue weighted by Gasteiger charge is -2.36. The molecule has 1 heterocycles. The molecule has 0 bridgehead atoms. The fourth-order valence-electron chi connectivity index (χ4n) is 2.96. The van der Waals surface area contributed by atoms with Gasteiger partial charge in [0.25, 0.3) is 0 Å². The number of piperazine rings is 1. The Morgan fingerprint density at radius 1 is 1.07 bits per heavy atom. The molecule has 0 aliphatic carbocycles. The zero-order chi connectivity index (χ0) is 19.1. The maximum Gasteiger partial charge on any atom is 0.241 e. The summed E-state index contributed by atoms with van der Waals surface area (Å²) >= 11 is 0. The smallest absolute Gasteiger partial charge is 0.241 e. The van der Waals surface area contributed by atoms with Crippen LogP contribution in [0, 0.1) is 11.6 Å². The molecular formula is C20H22F2N4O. The molecule has 7 heteroatoms. The van der Waals surface area contributed by atoms with E-state index in [1.807, 2.05) is 18.2 Å². The van der Waals surface area contributed by atoms with Crippen LogP contribution in [0.4, 0.5) is 14.5 Å². The first-order chi connectivity index (χ1) is 13.1. The first kappa shape index (κ1) is 19.0.